The molecule has 2 heteroatoms. The molecule has 0 saturated carbocycles. The summed E-state index contributed by atoms with van der Waals surface area (Å²) >= 11 is 0. The van der Waals surface area contributed by atoms with Crippen molar-refractivity contribution in [3.8, 4) is 0 Å². The molecule has 0 fully saturated rings. The molecule has 1 aliphatic heterocycles. The third-order valence-electron chi connectivity index (χ3n) is 2.70. The van der Waals surface area contributed by atoms with E-state index in [1.807, 2.05) is 0 Å². The van der Waals surface area contributed by atoms with E-state index >= 15 is 0 Å². The number of nitrogens with one attached hydrogen (secondary N) is 2. The van der Waals surface area contributed by atoms with Gasteiger partial charge in [0.05, 0.1) is 0 Å². The van der Waals surface area contributed by atoms with Crippen LogP contribution in [0.1, 0.15) is 24.3 Å². The summed E-state index contributed by atoms with van der Waals surface area (Å²) in [7, 11) is 0. The van der Waals surface area contributed by atoms with Crippen molar-refractivity contribution in [1.29, 1.82) is 0 Å². The zero-order valence-electron chi connectivity index (χ0n) is 7.72. The van der Waals surface area contributed by atoms with Crippen molar-refractivity contribution in [2.45, 2.75) is 18.8 Å². The van der Waals surface area contributed by atoms with E-state index in [0.29, 0.717) is 12.5 Å². The Hall–Kier alpha value is -1.02. The first kappa shape index (κ1) is 8.57. The van der Waals surface area contributed by atoms with Gasteiger partial charge in [-0.1, -0.05) is 18.2 Å². The van der Waals surface area contributed by atoms with E-state index in [4.69, 9.17) is 5.73 Å². The SMILES string of the molecule is [NH]CCC1CCNc2ccccc21. The van der Waals surface area contributed by atoms with Crippen LogP contribution in [-0.4, -0.2) is 13.1 Å². The molecule has 1 aromatic rings. The Kier molecular flexibility index (Phi) is 2.50. The highest BCUT2D eigenvalue weighted by atomic mass is 14.9. The van der Waals surface area contributed by atoms with Crippen molar-refractivity contribution >= 4 is 5.69 Å². The summed E-state index contributed by atoms with van der Waals surface area (Å²) in [5.41, 5.74) is 9.93. The molecule has 1 heterocycles. The standard InChI is InChI=1S/C11H15N2/c12-7-5-9-6-8-13-11-4-2-1-3-10(9)11/h1-4,9,12-13H,5-8H2. The van der Waals surface area contributed by atoms with Gasteiger partial charge in [0.25, 0.3) is 0 Å². The lowest BCUT2D eigenvalue weighted by Crippen LogP contribution is -2.17. The number of hydrogen-bond donors (Lipinski definition) is 1. The smallest absolute Gasteiger partial charge is 0.0375 e. The van der Waals surface area contributed by atoms with E-state index in [1.165, 1.54) is 17.7 Å². The Morgan fingerprint density at radius 2 is 2.23 bits per heavy atom. The average Bonchev–Trinajstić information content (AvgIpc) is 2.19. The van der Waals surface area contributed by atoms with Crippen molar-refractivity contribution in [1.82, 2.24) is 5.73 Å². The summed E-state index contributed by atoms with van der Waals surface area (Å²) in [6.07, 6.45) is 2.18. The number of rotatable bonds is 2. The molecule has 0 bridgehead atoms. The minimum absolute atomic E-state index is 0.541. The van der Waals surface area contributed by atoms with Crippen LogP contribution in [0.3, 0.4) is 0 Å². The van der Waals surface area contributed by atoms with Crippen molar-refractivity contribution in [2.24, 2.45) is 0 Å². The van der Waals surface area contributed by atoms with E-state index in [2.05, 4.69) is 29.6 Å². The van der Waals surface area contributed by atoms with Crippen LogP contribution in [0.15, 0.2) is 24.3 Å². The molecule has 2 N–H and O–H groups in total. The number of anilines is 1. The fraction of sp³-hybridized carbons (Fsp3) is 0.455. The van der Waals surface area contributed by atoms with Crippen LogP contribution in [0.5, 0.6) is 0 Å². The highest BCUT2D eigenvalue weighted by Gasteiger charge is 2.17. The Morgan fingerprint density at radius 3 is 3.08 bits per heavy atom. The number of hydrogen-bond acceptors (Lipinski definition) is 1. The molecular weight excluding hydrogens is 160 g/mol. The molecule has 2 rings (SSSR count). The summed E-state index contributed by atoms with van der Waals surface area (Å²) in [4.78, 5) is 0. The van der Waals surface area contributed by atoms with Gasteiger partial charge in [-0.15, -0.1) is 0 Å². The lowest BCUT2D eigenvalue weighted by Gasteiger charge is -2.26. The van der Waals surface area contributed by atoms with Crippen LogP contribution < -0.4 is 11.1 Å². The first-order valence-corrected chi connectivity index (χ1v) is 4.89. The molecule has 1 atom stereocenters. The van der Waals surface area contributed by atoms with Crippen LogP contribution in [0.25, 0.3) is 0 Å². The first-order valence-electron chi connectivity index (χ1n) is 4.89. The van der Waals surface area contributed by atoms with Gasteiger partial charge in [0.15, 0.2) is 0 Å². The molecule has 0 amide bonds. The first-order chi connectivity index (χ1) is 6.42. The quantitative estimate of drug-likeness (QED) is 0.735. The van der Waals surface area contributed by atoms with Gasteiger partial charge in [0.1, 0.15) is 0 Å². The Bertz CT molecular complexity index is 283. The molecule has 1 radical (unpaired) electrons. The fourth-order valence-corrected chi connectivity index (χ4v) is 2.02. The van der Waals surface area contributed by atoms with Crippen molar-refractivity contribution in [2.75, 3.05) is 18.4 Å². The monoisotopic (exact) mass is 175 g/mol. The van der Waals surface area contributed by atoms with E-state index in [-0.39, 0.29) is 0 Å². The summed E-state index contributed by atoms with van der Waals surface area (Å²) in [5, 5.41) is 3.39. The van der Waals surface area contributed by atoms with Crippen LogP contribution in [0.2, 0.25) is 0 Å². The highest BCUT2D eigenvalue weighted by molar-refractivity contribution is 5.54. The normalized spacial score (nSPS) is 20.5. The molecule has 1 unspecified atom stereocenters. The summed E-state index contributed by atoms with van der Waals surface area (Å²) < 4.78 is 0. The van der Waals surface area contributed by atoms with Gasteiger partial charge in [0.2, 0.25) is 0 Å². The maximum Gasteiger partial charge on any atom is 0.0375 e. The van der Waals surface area contributed by atoms with Gasteiger partial charge in [-0.2, -0.15) is 0 Å². The Morgan fingerprint density at radius 1 is 1.38 bits per heavy atom. The molecule has 2 nitrogen and oxygen atoms in total. The van der Waals surface area contributed by atoms with Gasteiger partial charge < -0.3 is 5.32 Å². The maximum absolute atomic E-state index is 7.26. The minimum atomic E-state index is 0.541. The van der Waals surface area contributed by atoms with E-state index in [9.17, 15) is 0 Å². The lowest BCUT2D eigenvalue weighted by atomic mass is 9.88. The zero-order valence-corrected chi connectivity index (χ0v) is 7.72. The van der Waals surface area contributed by atoms with Gasteiger partial charge in [-0.3, -0.25) is 5.73 Å². The van der Waals surface area contributed by atoms with E-state index in [1.54, 1.807) is 0 Å². The van der Waals surface area contributed by atoms with Gasteiger partial charge >= 0.3 is 0 Å². The predicted molar refractivity (Wildman–Crippen MR) is 54.9 cm³/mol. The lowest BCUT2D eigenvalue weighted by molar-refractivity contribution is 0.582. The summed E-state index contributed by atoms with van der Waals surface area (Å²) in [5.74, 6) is 0.606. The second-order valence-electron chi connectivity index (χ2n) is 3.54. The number of fused-ring (bicyclic) bond motifs is 1. The predicted octanol–water partition coefficient (Wildman–Crippen LogP) is 2.26. The largest absolute Gasteiger partial charge is 0.385 e. The Labute approximate surface area is 79.1 Å². The van der Waals surface area contributed by atoms with Crippen molar-refractivity contribution in [3.05, 3.63) is 29.8 Å². The third kappa shape index (κ3) is 1.68. The van der Waals surface area contributed by atoms with Crippen LogP contribution in [0.4, 0.5) is 5.69 Å². The second kappa shape index (κ2) is 3.79. The number of para-hydroxylation sites is 1. The summed E-state index contributed by atoms with van der Waals surface area (Å²) in [6, 6.07) is 8.46. The zero-order chi connectivity index (χ0) is 9.10. The molecule has 13 heavy (non-hydrogen) atoms. The second-order valence-corrected chi connectivity index (χ2v) is 3.54. The van der Waals surface area contributed by atoms with Gasteiger partial charge in [0, 0.05) is 18.8 Å². The molecule has 69 valence electrons. The molecule has 1 aliphatic rings. The van der Waals surface area contributed by atoms with Gasteiger partial charge in [-0.25, -0.2) is 0 Å². The molecule has 0 aliphatic carbocycles. The summed E-state index contributed by atoms with van der Waals surface area (Å²) in [6.45, 7) is 1.60. The number of benzene rings is 1. The Balaban J connectivity index is 2.26. The molecule has 0 saturated heterocycles. The van der Waals surface area contributed by atoms with Gasteiger partial charge in [-0.05, 0) is 30.4 Å². The van der Waals surface area contributed by atoms with Crippen LogP contribution in [-0.2, 0) is 0 Å². The average molecular weight is 175 g/mol. The third-order valence-corrected chi connectivity index (χ3v) is 2.70. The van der Waals surface area contributed by atoms with Crippen LogP contribution >= 0.6 is 0 Å². The van der Waals surface area contributed by atoms with E-state index < -0.39 is 0 Å². The molecule has 0 aromatic heterocycles. The fourth-order valence-electron chi connectivity index (χ4n) is 2.02. The minimum Gasteiger partial charge on any atom is -0.385 e. The maximum atomic E-state index is 7.26. The topological polar surface area (TPSA) is 35.8 Å². The van der Waals surface area contributed by atoms with Crippen molar-refractivity contribution < 1.29 is 0 Å². The highest BCUT2D eigenvalue weighted by Crippen LogP contribution is 2.32. The molecule has 1 aromatic carbocycles. The van der Waals surface area contributed by atoms with Crippen molar-refractivity contribution in [3.63, 3.8) is 0 Å². The molecular formula is C11H15N2. The van der Waals surface area contributed by atoms with E-state index in [0.717, 1.165) is 13.0 Å². The van der Waals surface area contributed by atoms with Crippen LogP contribution in [0, 0.1) is 0 Å². The molecule has 0 spiro atoms.